The number of halogens is 1. The van der Waals surface area contributed by atoms with Crippen molar-refractivity contribution in [3.63, 3.8) is 0 Å². The van der Waals surface area contributed by atoms with Crippen LogP contribution in [0.25, 0.3) is 0 Å². The summed E-state index contributed by atoms with van der Waals surface area (Å²) in [7, 11) is 0. The van der Waals surface area contributed by atoms with Crippen LogP contribution in [0, 0.1) is 0 Å². The van der Waals surface area contributed by atoms with E-state index in [2.05, 4.69) is 4.98 Å². The summed E-state index contributed by atoms with van der Waals surface area (Å²) in [5.74, 6) is -0.403. The van der Waals surface area contributed by atoms with Gasteiger partial charge in [-0.1, -0.05) is 18.5 Å². The topological polar surface area (TPSA) is 39.2 Å². The predicted molar refractivity (Wildman–Crippen MR) is 59.2 cm³/mol. The molecular formula is C11H14ClNO2. The van der Waals surface area contributed by atoms with Gasteiger partial charge < -0.3 is 4.74 Å². The number of rotatable bonds is 3. The first kappa shape index (κ1) is 12.0. The van der Waals surface area contributed by atoms with Gasteiger partial charge in [0.15, 0.2) is 0 Å². The molecule has 0 spiro atoms. The first-order valence-corrected chi connectivity index (χ1v) is 5.28. The summed E-state index contributed by atoms with van der Waals surface area (Å²) in [4.78, 5) is 15.6. The van der Waals surface area contributed by atoms with Crippen LogP contribution >= 0.6 is 11.6 Å². The van der Waals surface area contributed by atoms with Crippen LogP contribution in [0.2, 0.25) is 5.15 Å². The average molecular weight is 228 g/mol. The average Bonchev–Trinajstić information content (AvgIpc) is 2.15. The molecule has 0 aliphatic carbocycles. The van der Waals surface area contributed by atoms with E-state index in [1.165, 1.54) is 0 Å². The highest BCUT2D eigenvalue weighted by molar-refractivity contribution is 6.32. The Kier molecular flexibility index (Phi) is 4.09. The molecule has 0 atom stereocenters. The third kappa shape index (κ3) is 2.93. The fourth-order valence-corrected chi connectivity index (χ4v) is 1.51. The van der Waals surface area contributed by atoms with E-state index in [9.17, 15) is 4.79 Å². The Hall–Kier alpha value is -1.09. The molecule has 1 aromatic rings. The minimum Gasteiger partial charge on any atom is -0.459 e. The Balaban J connectivity index is 3.06. The minimum atomic E-state index is -0.403. The van der Waals surface area contributed by atoms with E-state index in [-0.39, 0.29) is 11.3 Å². The third-order valence-corrected chi connectivity index (χ3v) is 2.21. The van der Waals surface area contributed by atoms with Gasteiger partial charge in [0.1, 0.15) is 10.7 Å². The summed E-state index contributed by atoms with van der Waals surface area (Å²) in [5, 5.41) is 0.208. The number of pyridine rings is 1. The number of aromatic nitrogens is 1. The van der Waals surface area contributed by atoms with E-state index < -0.39 is 5.97 Å². The predicted octanol–water partition coefficient (Wildman–Crippen LogP) is 2.86. The highest BCUT2D eigenvalue weighted by Gasteiger charge is 2.17. The first-order valence-electron chi connectivity index (χ1n) is 4.90. The van der Waals surface area contributed by atoms with E-state index in [1.807, 2.05) is 6.92 Å². The van der Waals surface area contributed by atoms with Crippen LogP contribution in [0.5, 0.6) is 0 Å². The molecule has 0 bridgehead atoms. The SMILES string of the molecule is CCc1ccnc(Cl)c1C(=O)OC(C)C. The zero-order valence-corrected chi connectivity index (χ0v) is 9.84. The van der Waals surface area contributed by atoms with Gasteiger partial charge in [-0.2, -0.15) is 0 Å². The van der Waals surface area contributed by atoms with E-state index in [1.54, 1.807) is 26.1 Å². The lowest BCUT2D eigenvalue weighted by Crippen LogP contribution is -2.14. The van der Waals surface area contributed by atoms with Crippen LogP contribution < -0.4 is 0 Å². The summed E-state index contributed by atoms with van der Waals surface area (Å²) in [6.07, 6.45) is 2.16. The normalized spacial score (nSPS) is 10.5. The maximum atomic E-state index is 11.7. The molecule has 4 heteroatoms. The van der Waals surface area contributed by atoms with Gasteiger partial charge in [-0.3, -0.25) is 0 Å². The zero-order valence-electron chi connectivity index (χ0n) is 9.08. The number of aryl methyl sites for hydroxylation is 1. The summed E-state index contributed by atoms with van der Waals surface area (Å²) < 4.78 is 5.10. The van der Waals surface area contributed by atoms with Crippen LogP contribution in [0.1, 0.15) is 36.7 Å². The van der Waals surface area contributed by atoms with Crippen molar-refractivity contribution >= 4 is 17.6 Å². The largest absolute Gasteiger partial charge is 0.459 e. The molecule has 1 aromatic heterocycles. The van der Waals surface area contributed by atoms with Crippen molar-refractivity contribution in [1.82, 2.24) is 4.98 Å². The minimum absolute atomic E-state index is 0.154. The summed E-state index contributed by atoms with van der Waals surface area (Å²) in [6, 6.07) is 1.78. The summed E-state index contributed by atoms with van der Waals surface area (Å²) >= 11 is 5.87. The van der Waals surface area contributed by atoms with Crippen LogP contribution in [0.4, 0.5) is 0 Å². The van der Waals surface area contributed by atoms with Crippen molar-refractivity contribution in [3.05, 3.63) is 28.5 Å². The molecule has 0 amide bonds. The van der Waals surface area contributed by atoms with Crippen molar-refractivity contribution in [1.29, 1.82) is 0 Å². The molecule has 0 aromatic carbocycles. The quantitative estimate of drug-likeness (QED) is 0.589. The standard InChI is InChI=1S/C11H14ClNO2/c1-4-8-5-6-13-10(12)9(8)11(14)15-7(2)3/h5-7H,4H2,1-3H3. The lowest BCUT2D eigenvalue weighted by atomic mass is 10.1. The van der Waals surface area contributed by atoms with Crippen LogP contribution in [-0.4, -0.2) is 17.1 Å². The molecule has 82 valence electrons. The lowest BCUT2D eigenvalue weighted by molar-refractivity contribution is 0.0376. The van der Waals surface area contributed by atoms with Crippen molar-refractivity contribution < 1.29 is 9.53 Å². The smallest absolute Gasteiger partial charge is 0.341 e. The second kappa shape index (κ2) is 5.12. The molecule has 0 aliphatic rings. The second-order valence-corrected chi connectivity index (χ2v) is 3.80. The molecule has 1 rings (SSSR count). The van der Waals surface area contributed by atoms with Crippen LogP contribution in [0.15, 0.2) is 12.3 Å². The Morgan fingerprint density at radius 1 is 1.60 bits per heavy atom. The molecule has 0 saturated heterocycles. The number of carbonyl (C=O) groups is 1. The molecule has 3 nitrogen and oxygen atoms in total. The van der Waals surface area contributed by atoms with E-state index in [0.717, 1.165) is 12.0 Å². The fourth-order valence-electron chi connectivity index (χ4n) is 1.26. The number of hydrogen-bond acceptors (Lipinski definition) is 3. The molecule has 15 heavy (non-hydrogen) atoms. The highest BCUT2D eigenvalue weighted by atomic mass is 35.5. The Labute approximate surface area is 94.4 Å². The van der Waals surface area contributed by atoms with Crippen LogP contribution in [0.3, 0.4) is 0 Å². The van der Waals surface area contributed by atoms with E-state index in [0.29, 0.717) is 5.56 Å². The van der Waals surface area contributed by atoms with Crippen molar-refractivity contribution in [3.8, 4) is 0 Å². The van der Waals surface area contributed by atoms with Gasteiger partial charge in [-0.15, -0.1) is 0 Å². The van der Waals surface area contributed by atoms with Gasteiger partial charge in [-0.05, 0) is 31.9 Å². The third-order valence-electron chi connectivity index (χ3n) is 1.92. The van der Waals surface area contributed by atoms with E-state index >= 15 is 0 Å². The van der Waals surface area contributed by atoms with Crippen molar-refractivity contribution in [2.24, 2.45) is 0 Å². The maximum absolute atomic E-state index is 11.7. The van der Waals surface area contributed by atoms with Gasteiger partial charge >= 0.3 is 5.97 Å². The Morgan fingerprint density at radius 2 is 2.27 bits per heavy atom. The summed E-state index contributed by atoms with van der Waals surface area (Å²) in [5.41, 5.74) is 1.25. The van der Waals surface area contributed by atoms with Crippen molar-refractivity contribution in [2.75, 3.05) is 0 Å². The molecule has 0 N–H and O–H groups in total. The fraction of sp³-hybridized carbons (Fsp3) is 0.455. The molecule has 0 saturated carbocycles. The zero-order chi connectivity index (χ0) is 11.4. The first-order chi connectivity index (χ1) is 7.06. The highest BCUT2D eigenvalue weighted by Crippen LogP contribution is 2.19. The monoisotopic (exact) mass is 227 g/mol. The van der Waals surface area contributed by atoms with Gasteiger partial charge in [-0.25, -0.2) is 9.78 Å². The molecule has 0 fully saturated rings. The molecule has 0 unspecified atom stereocenters. The van der Waals surface area contributed by atoms with Gasteiger partial charge in [0.25, 0.3) is 0 Å². The maximum Gasteiger partial charge on any atom is 0.341 e. The Bertz CT molecular complexity index is 364. The molecule has 0 aliphatic heterocycles. The van der Waals surface area contributed by atoms with Gasteiger partial charge in [0.2, 0.25) is 0 Å². The lowest BCUT2D eigenvalue weighted by Gasteiger charge is -2.11. The number of carbonyl (C=O) groups excluding carboxylic acids is 1. The van der Waals surface area contributed by atoms with Crippen LogP contribution in [-0.2, 0) is 11.2 Å². The molecular weight excluding hydrogens is 214 g/mol. The number of hydrogen-bond donors (Lipinski definition) is 0. The number of esters is 1. The van der Waals surface area contributed by atoms with E-state index in [4.69, 9.17) is 16.3 Å². The van der Waals surface area contributed by atoms with Gasteiger partial charge in [0.05, 0.1) is 6.10 Å². The molecule has 0 radical (unpaired) electrons. The van der Waals surface area contributed by atoms with Gasteiger partial charge in [0, 0.05) is 6.20 Å². The Morgan fingerprint density at radius 3 is 2.80 bits per heavy atom. The second-order valence-electron chi connectivity index (χ2n) is 3.44. The van der Waals surface area contributed by atoms with Crippen molar-refractivity contribution in [2.45, 2.75) is 33.3 Å². The number of ether oxygens (including phenoxy) is 1. The number of nitrogens with zero attached hydrogens (tertiary/aromatic N) is 1. The summed E-state index contributed by atoms with van der Waals surface area (Å²) in [6.45, 7) is 5.55. The molecule has 1 heterocycles.